The van der Waals surface area contributed by atoms with Crippen LogP contribution in [0.3, 0.4) is 0 Å². The summed E-state index contributed by atoms with van der Waals surface area (Å²) in [6, 6.07) is 0. The lowest BCUT2D eigenvalue weighted by Gasteiger charge is -2.03. The molecule has 20 heavy (non-hydrogen) atoms. The molecule has 0 saturated heterocycles. The summed E-state index contributed by atoms with van der Waals surface area (Å²) in [6.45, 7) is 5.81. The standard InChI is InChI=1S/C14H20F2N2O2/c1-4-5-7-18-9-12(11(3)17-18)14(19)20-8-6-10(2)13(15)16/h9H,4-8H2,1-3H3. The number of nitrogens with zero attached hydrogens (tertiary/aromatic N) is 2. The average Bonchev–Trinajstić information content (AvgIpc) is 2.77. The molecule has 1 rings (SSSR count). The zero-order valence-electron chi connectivity index (χ0n) is 12.1. The van der Waals surface area contributed by atoms with Crippen LogP contribution in [0, 0.1) is 6.92 Å². The Labute approximate surface area is 117 Å². The summed E-state index contributed by atoms with van der Waals surface area (Å²) in [5, 5.41) is 4.23. The van der Waals surface area contributed by atoms with E-state index in [9.17, 15) is 13.6 Å². The van der Waals surface area contributed by atoms with E-state index in [-0.39, 0.29) is 18.6 Å². The quantitative estimate of drug-likeness (QED) is 0.718. The summed E-state index contributed by atoms with van der Waals surface area (Å²) < 4.78 is 31.1. The third-order valence-electron chi connectivity index (χ3n) is 2.94. The molecule has 0 aromatic carbocycles. The Morgan fingerprint density at radius 1 is 1.45 bits per heavy atom. The molecule has 1 aromatic heterocycles. The lowest BCUT2D eigenvalue weighted by Crippen LogP contribution is -2.07. The molecule has 0 aliphatic heterocycles. The lowest BCUT2D eigenvalue weighted by molar-refractivity contribution is 0.0507. The predicted molar refractivity (Wildman–Crippen MR) is 71.7 cm³/mol. The normalized spacial score (nSPS) is 10.4. The average molecular weight is 286 g/mol. The van der Waals surface area contributed by atoms with Crippen LogP contribution in [0.2, 0.25) is 0 Å². The Morgan fingerprint density at radius 3 is 2.75 bits per heavy atom. The van der Waals surface area contributed by atoms with Crippen LogP contribution in [0.1, 0.15) is 49.2 Å². The Hall–Kier alpha value is -1.72. The van der Waals surface area contributed by atoms with Gasteiger partial charge < -0.3 is 4.74 Å². The molecule has 0 fully saturated rings. The molecule has 6 heteroatoms. The first-order chi connectivity index (χ1) is 9.45. The molecule has 0 unspecified atom stereocenters. The molecule has 0 radical (unpaired) electrons. The fourth-order valence-electron chi connectivity index (χ4n) is 1.62. The highest BCUT2D eigenvalue weighted by Gasteiger charge is 2.15. The van der Waals surface area contributed by atoms with Gasteiger partial charge in [-0.1, -0.05) is 13.3 Å². The molecule has 0 aliphatic rings. The summed E-state index contributed by atoms with van der Waals surface area (Å²) in [6.07, 6.45) is 1.99. The lowest BCUT2D eigenvalue weighted by atomic mass is 10.2. The number of carbonyl (C=O) groups excluding carboxylic acids is 1. The number of esters is 1. The third kappa shape index (κ3) is 4.75. The Bertz CT molecular complexity index is 491. The Morgan fingerprint density at radius 2 is 2.15 bits per heavy atom. The SMILES string of the molecule is CCCCn1cc(C(=O)OCCC(C)=C(F)F)c(C)n1. The monoisotopic (exact) mass is 286 g/mol. The second-order valence-corrected chi connectivity index (χ2v) is 4.67. The van der Waals surface area contributed by atoms with Crippen molar-refractivity contribution in [3.8, 4) is 0 Å². The number of ether oxygens (including phenoxy) is 1. The van der Waals surface area contributed by atoms with E-state index < -0.39 is 12.0 Å². The zero-order chi connectivity index (χ0) is 15.1. The molecule has 0 atom stereocenters. The van der Waals surface area contributed by atoms with Gasteiger partial charge in [0, 0.05) is 19.2 Å². The number of unbranched alkanes of at least 4 members (excludes halogenated alkanes) is 1. The van der Waals surface area contributed by atoms with Crippen molar-refractivity contribution in [3.63, 3.8) is 0 Å². The molecule has 0 bridgehead atoms. The molecule has 0 saturated carbocycles. The highest BCUT2D eigenvalue weighted by atomic mass is 19.3. The van der Waals surface area contributed by atoms with E-state index in [1.807, 2.05) is 0 Å². The van der Waals surface area contributed by atoms with Gasteiger partial charge in [-0.3, -0.25) is 4.68 Å². The number of halogens is 2. The highest BCUT2D eigenvalue weighted by Crippen LogP contribution is 2.12. The summed E-state index contributed by atoms with van der Waals surface area (Å²) >= 11 is 0. The largest absolute Gasteiger partial charge is 0.462 e. The van der Waals surface area contributed by atoms with Crippen LogP contribution in [-0.4, -0.2) is 22.4 Å². The van der Waals surface area contributed by atoms with Gasteiger partial charge >= 0.3 is 5.97 Å². The van der Waals surface area contributed by atoms with E-state index in [4.69, 9.17) is 4.74 Å². The van der Waals surface area contributed by atoms with Gasteiger partial charge in [-0.15, -0.1) is 0 Å². The maximum Gasteiger partial charge on any atom is 0.341 e. The van der Waals surface area contributed by atoms with Crippen molar-refractivity contribution < 1.29 is 18.3 Å². The van der Waals surface area contributed by atoms with Gasteiger partial charge in [-0.05, 0) is 25.8 Å². The minimum Gasteiger partial charge on any atom is -0.462 e. The maximum absolute atomic E-state index is 12.2. The van der Waals surface area contributed by atoms with Gasteiger partial charge in [-0.2, -0.15) is 13.9 Å². The van der Waals surface area contributed by atoms with E-state index in [1.165, 1.54) is 6.92 Å². The second kappa shape index (κ2) is 7.77. The number of hydrogen-bond donors (Lipinski definition) is 0. The van der Waals surface area contributed by atoms with Gasteiger partial charge in [0.2, 0.25) is 0 Å². The minimum atomic E-state index is -1.72. The summed E-state index contributed by atoms with van der Waals surface area (Å²) in [5.41, 5.74) is 0.923. The van der Waals surface area contributed by atoms with E-state index >= 15 is 0 Å². The molecule has 112 valence electrons. The minimum absolute atomic E-state index is 0.0388. The number of aromatic nitrogens is 2. The van der Waals surface area contributed by atoms with Crippen LogP contribution >= 0.6 is 0 Å². The van der Waals surface area contributed by atoms with Crippen LogP contribution < -0.4 is 0 Å². The van der Waals surface area contributed by atoms with Crippen LogP contribution in [0.5, 0.6) is 0 Å². The third-order valence-corrected chi connectivity index (χ3v) is 2.94. The van der Waals surface area contributed by atoms with Crippen LogP contribution in [-0.2, 0) is 11.3 Å². The molecule has 0 N–H and O–H groups in total. The van der Waals surface area contributed by atoms with E-state index in [0.717, 1.165) is 19.4 Å². The van der Waals surface area contributed by atoms with E-state index in [2.05, 4.69) is 12.0 Å². The summed E-state index contributed by atoms with van der Waals surface area (Å²) in [4.78, 5) is 11.8. The first-order valence-corrected chi connectivity index (χ1v) is 6.67. The van der Waals surface area contributed by atoms with Crippen LogP contribution in [0.15, 0.2) is 17.9 Å². The number of aryl methyl sites for hydroxylation is 2. The maximum atomic E-state index is 12.2. The van der Waals surface area contributed by atoms with Gasteiger partial charge in [0.15, 0.2) is 0 Å². The van der Waals surface area contributed by atoms with Crippen LogP contribution in [0.4, 0.5) is 8.78 Å². The smallest absolute Gasteiger partial charge is 0.341 e. The molecule has 1 aromatic rings. The van der Waals surface area contributed by atoms with E-state index in [1.54, 1.807) is 17.8 Å². The van der Waals surface area contributed by atoms with Crippen molar-refractivity contribution >= 4 is 5.97 Å². The molecular weight excluding hydrogens is 266 g/mol. The van der Waals surface area contributed by atoms with Crippen LogP contribution in [0.25, 0.3) is 0 Å². The topological polar surface area (TPSA) is 44.1 Å². The first kappa shape index (κ1) is 16.3. The summed E-state index contributed by atoms with van der Waals surface area (Å²) in [5.74, 6) is -0.516. The Kier molecular flexibility index (Phi) is 6.35. The van der Waals surface area contributed by atoms with Crippen molar-refractivity contribution in [2.75, 3.05) is 6.61 Å². The first-order valence-electron chi connectivity index (χ1n) is 6.67. The van der Waals surface area contributed by atoms with Crippen molar-refractivity contribution in [1.82, 2.24) is 9.78 Å². The van der Waals surface area contributed by atoms with Gasteiger partial charge in [0.25, 0.3) is 6.08 Å². The summed E-state index contributed by atoms with van der Waals surface area (Å²) in [7, 11) is 0. The fraction of sp³-hybridized carbons (Fsp3) is 0.571. The van der Waals surface area contributed by atoms with Crippen molar-refractivity contribution in [2.45, 2.75) is 46.6 Å². The molecule has 1 heterocycles. The molecule has 4 nitrogen and oxygen atoms in total. The van der Waals surface area contributed by atoms with Crippen molar-refractivity contribution in [2.24, 2.45) is 0 Å². The molecular formula is C14H20F2N2O2. The highest BCUT2D eigenvalue weighted by molar-refractivity contribution is 5.90. The number of rotatable bonds is 7. The van der Waals surface area contributed by atoms with Gasteiger partial charge in [0.1, 0.15) is 5.56 Å². The van der Waals surface area contributed by atoms with Crippen molar-refractivity contribution in [3.05, 3.63) is 29.1 Å². The number of hydrogen-bond acceptors (Lipinski definition) is 3. The van der Waals surface area contributed by atoms with E-state index in [0.29, 0.717) is 11.3 Å². The fourth-order valence-corrected chi connectivity index (χ4v) is 1.62. The number of carbonyl (C=O) groups is 1. The Balaban J connectivity index is 2.55. The molecule has 0 aliphatic carbocycles. The second-order valence-electron chi connectivity index (χ2n) is 4.67. The van der Waals surface area contributed by atoms with Gasteiger partial charge in [-0.25, -0.2) is 4.79 Å². The van der Waals surface area contributed by atoms with Crippen molar-refractivity contribution in [1.29, 1.82) is 0 Å². The molecule has 0 spiro atoms. The predicted octanol–water partition coefficient (Wildman–Crippen LogP) is 3.71. The molecule has 0 amide bonds. The zero-order valence-corrected chi connectivity index (χ0v) is 12.1. The van der Waals surface area contributed by atoms with Gasteiger partial charge in [0.05, 0.1) is 12.3 Å².